The van der Waals surface area contributed by atoms with Crippen molar-refractivity contribution >= 4 is 17.7 Å². The van der Waals surface area contributed by atoms with E-state index in [0.717, 1.165) is 6.42 Å². The standard InChI is InChI=1S/C16H25NO4/c1-5-15(3,4)12(18)13(19)17-10-11-7-8-16(17,9-11)14(20)21-6-2/h11H,5-10H2,1-4H3. The highest BCUT2D eigenvalue weighted by atomic mass is 16.5. The van der Waals surface area contributed by atoms with Crippen LogP contribution in [0.25, 0.3) is 0 Å². The largest absolute Gasteiger partial charge is 0.464 e. The lowest BCUT2D eigenvalue weighted by Gasteiger charge is -2.37. The molecule has 0 spiro atoms. The summed E-state index contributed by atoms with van der Waals surface area (Å²) in [6.45, 7) is 8.00. The Balaban J connectivity index is 2.25. The smallest absolute Gasteiger partial charge is 0.332 e. The highest BCUT2D eigenvalue weighted by Crippen LogP contribution is 2.47. The zero-order chi connectivity index (χ0) is 15.8. The number of likely N-dealkylation sites (tertiary alicyclic amines) is 1. The molecule has 2 atom stereocenters. The van der Waals surface area contributed by atoms with Crippen molar-refractivity contribution in [2.75, 3.05) is 13.2 Å². The number of nitrogens with zero attached hydrogens (tertiary/aromatic N) is 1. The Kier molecular flexibility index (Phi) is 4.13. The fourth-order valence-corrected chi connectivity index (χ4v) is 3.37. The maximum atomic E-state index is 12.6. The first-order valence-electron chi connectivity index (χ1n) is 7.82. The van der Waals surface area contributed by atoms with Gasteiger partial charge in [-0.05, 0) is 38.5 Å². The Labute approximate surface area is 126 Å². The van der Waals surface area contributed by atoms with Gasteiger partial charge >= 0.3 is 5.97 Å². The molecule has 1 aliphatic carbocycles. The number of amides is 1. The van der Waals surface area contributed by atoms with Crippen molar-refractivity contribution in [1.29, 1.82) is 0 Å². The highest BCUT2D eigenvalue weighted by Gasteiger charge is 2.59. The van der Waals surface area contributed by atoms with Crippen molar-refractivity contribution in [3.63, 3.8) is 0 Å². The third-order valence-corrected chi connectivity index (χ3v) is 5.14. The fraction of sp³-hybridized carbons (Fsp3) is 0.812. The number of carbonyl (C=O) groups excluding carboxylic acids is 3. The van der Waals surface area contributed by atoms with Crippen molar-refractivity contribution in [3.8, 4) is 0 Å². The van der Waals surface area contributed by atoms with E-state index in [-0.39, 0.29) is 5.97 Å². The van der Waals surface area contributed by atoms with Crippen LogP contribution < -0.4 is 0 Å². The topological polar surface area (TPSA) is 63.7 Å². The fourth-order valence-electron chi connectivity index (χ4n) is 3.37. The number of fused-ring (bicyclic) bond motifs is 2. The molecule has 2 fully saturated rings. The molecule has 1 heterocycles. The summed E-state index contributed by atoms with van der Waals surface area (Å²) in [6, 6.07) is 0. The van der Waals surface area contributed by atoms with Crippen LogP contribution in [0.3, 0.4) is 0 Å². The first-order chi connectivity index (χ1) is 9.78. The van der Waals surface area contributed by atoms with E-state index in [4.69, 9.17) is 4.74 Å². The van der Waals surface area contributed by atoms with E-state index in [1.807, 2.05) is 6.92 Å². The molecule has 0 radical (unpaired) electrons. The molecule has 2 unspecified atom stereocenters. The van der Waals surface area contributed by atoms with Gasteiger partial charge < -0.3 is 9.64 Å². The maximum absolute atomic E-state index is 12.6. The zero-order valence-corrected chi connectivity index (χ0v) is 13.4. The van der Waals surface area contributed by atoms with Crippen LogP contribution >= 0.6 is 0 Å². The van der Waals surface area contributed by atoms with Gasteiger partial charge in [0.25, 0.3) is 5.91 Å². The number of Topliss-reactive ketones (excluding diaryl/α,β-unsaturated/α-hetero) is 1. The summed E-state index contributed by atoms with van der Waals surface area (Å²) in [6.07, 6.45) is 2.77. The van der Waals surface area contributed by atoms with Crippen LogP contribution in [0.1, 0.15) is 53.4 Å². The van der Waals surface area contributed by atoms with Crippen LogP contribution in [0.4, 0.5) is 0 Å². The van der Waals surface area contributed by atoms with Gasteiger partial charge in [0.05, 0.1) is 6.61 Å². The maximum Gasteiger partial charge on any atom is 0.332 e. The van der Waals surface area contributed by atoms with Crippen LogP contribution in [0.5, 0.6) is 0 Å². The Morgan fingerprint density at radius 3 is 2.48 bits per heavy atom. The number of carbonyl (C=O) groups is 3. The van der Waals surface area contributed by atoms with Crippen LogP contribution in [-0.4, -0.2) is 41.3 Å². The predicted octanol–water partition coefficient (Wildman–Crippen LogP) is 1.94. The van der Waals surface area contributed by atoms with Gasteiger partial charge in [-0.25, -0.2) is 4.79 Å². The number of ketones is 1. The van der Waals surface area contributed by atoms with E-state index in [1.54, 1.807) is 20.8 Å². The average molecular weight is 295 g/mol. The molecule has 0 aromatic heterocycles. The molecule has 2 aliphatic rings. The lowest BCUT2D eigenvalue weighted by Crippen LogP contribution is -2.57. The van der Waals surface area contributed by atoms with Gasteiger partial charge in [-0.15, -0.1) is 0 Å². The number of esters is 1. The van der Waals surface area contributed by atoms with Crippen LogP contribution in [0.15, 0.2) is 0 Å². The Morgan fingerprint density at radius 1 is 1.29 bits per heavy atom. The van der Waals surface area contributed by atoms with Crippen LogP contribution in [0, 0.1) is 11.3 Å². The second-order valence-electron chi connectivity index (χ2n) is 6.84. The number of piperidine rings is 1. The lowest BCUT2D eigenvalue weighted by molar-refractivity contribution is -0.165. The van der Waals surface area contributed by atoms with Crippen molar-refractivity contribution in [2.45, 2.75) is 58.9 Å². The summed E-state index contributed by atoms with van der Waals surface area (Å²) >= 11 is 0. The van der Waals surface area contributed by atoms with Crippen molar-refractivity contribution < 1.29 is 19.1 Å². The van der Waals surface area contributed by atoms with Gasteiger partial charge in [0.15, 0.2) is 0 Å². The summed E-state index contributed by atoms with van der Waals surface area (Å²) in [5.41, 5.74) is -1.58. The minimum absolute atomic E-state index is 0.293. The molecule has 1 saturated heterocycles. The molecular weight excluding hydrogens is 270 g/mol. The molecule has 5 nitrogen and oxygen atoms in total. The minimum Gasteiger partial charge on any atom is -0.464 e. The van der Waals surface area contributed by atoms with E-state index < -0.39 is 22.6 Å². The molecule has 1 aliphatic heterocycles. The molecule has 0 aromatic carbocycles. The molecule has 2 rings (SSSR count). The quantitative estimate of drug-likeness (QED) is 0.574. The number of rotatable bonds is 5. The zero-order valence-electron chi connectivity index (χ0n) is 13.4. The van der Waals surface area contributed by atoms with Crippen LogP contribution in [0.2, 0.25) is 0 Å². The third kappa shape index (κ3) is 2.47. The highest BCUT2D eigenvalue weighted by molar-refractivity contribution is 6.38. The first-order valence-corrected chi connectivity index (χ1v) is 7.82. The van der Waals surface area contributed by atoms with Gasteiger partial charge in [-0.2, -0.15) is 0 Å². The monoisotopic (exact) mass is 295 g/mol. The number of hydrogen-bond acceptors (Lipinski definition) is 4. The van der Waals surface area contributed by atoms with E-state index in [0.29, 0.717) is 38.3 Å². The second-order valence-corrected chi connectivity index (χ2v) is 6.84. The van der Waals surface area contributed by atoms with Gasteiger partial charge in [0.1, 0.15) is 5.54 Å². The van der Waals surface area contributed by atoms with Gasteiger partial charge in [-0.1, -0.05) is 20.8 Å². The Bertz CT molecular complexity index is 471. The number of hydrogen-bond donors (Lipinski definition) is 0. The predicted molar refractivity (Wildman–Crippen MR) is 77.5 cm³/mol. The van der Waals surface area contributed by atoms with Crippen molar-refractivity contribution in [3.05, 3.63) is 0 Å². The third-order valence-electron chi connectivity index (χ3n) is 5.14. The minimum atomic E-state index is -0.892. The molecule has 0 aromatic rings. The van der Waals surface area contributed by atoms with Crippen LogP contribution in [-0.2, 0) is 19.1 Å². The van der Waals surface area contributed by atoms with E-state index in [9.17, 15) is 14.4 Å². The molecule has 118 valence electrons. The summed E-state index contributed by atoms with van der Waals surface area (Å²) in [7, 11) is 0. The SMILES string of the molecule is CCOC(=O)C12CCC(CN1C(=O)C(=O)C(C)(C)CC)C2. The van der Waals surface area contributed by atoms with E-state index in [2.05, 4.69) is 0 Å². The van der Waals surface area contributed by atoms with Gasteiger partial charge in [-0.3, -0.25) is 9.59 Å². The summed E-state index contributed by atoms with van der Waals surface area (Å²) in [5, 5.41) is 0. The van der Waals surface area contributed by atoms with Gasteiger partial charge in [0.2, 0.25) is 5.78 Å². The Hall–Kier alpha value is -1.39. The first kappa shape index (κ1) is 16.0. The molecule has 21 heavy (non-hydrogen) atoms. The summed E-state index contributed by atoms with van der Waals surface area (Å²) < 4.78 is 5.17. The molecular formula is C16H25NO4. The lowest BCUT2D eigenvalue weighted by atomic mass is 9.83. The van der Waals surface area contributed by atoms with Crippen molar-refractivity contribution in [1.82, 2.24) is 4.90 Å². The normalized spacial score (nSPS) is 27.8. The average Bonchev–Trinajstić information content (AvgIpc) is 3.05. The van der Waals surface area contributed by atoms with Gasteiger partial charge in [0, 0.05) is 12.0 Å². The number of ether oxygens (including phenoxy) is 1. The summed E-state index contributed by atoms with van der Waals surface area (Å²) in [4.78, 5) is 38.9. The second kappa shape index (κ2) is 5.43. The molecule has 5 heteroatoms. The van der Waals surface area contributed by atoms with Crippen molar-refractivity contribution in [2.24, 2.45) is 11.3 Å². The van der Waals surface area contributed by atoms with E-state index >= 15 is 0 Å². The Morgan fingerprint density at radius 2 is 1.95 bits per heavy atom. The van der Waals surface area contributed by atoms with E-state index in [1.165, 1.54) is 4.90 Å². The molecule has 2 bridgehead atoms. The summed E-state index contributed by atoms with van der Waals surface area (Å²) in [5.74, 6) is -0.949. The molecule has 1 amide bonds. The molecule has 1 saturated carbocycles. The molecule has 0 N–H and O–H groups in total.